The summed E-state index contributed by atoms with van der Waals surface area (Å²) >= 11 is 3.41. The van der Waals surface area contributed by atoms with Crippen molar-refractivity contribution in [1.82, 2.24) is 14.9 Å². The summed E-state index contributed by atoms with van der Waals surface area (Å²) in [4.78, 5) is 33.7. The van der Waals surface area contributed by atoms with Crippen molar-refractivity contribution in [3.05, 3.63) is 40.8 Å². The molecule has 8 nitrogen and oxygen atoms in total. The molecule has 1 aliphatic rings. The summed E-state index contributed by atoms with van der Waals surface area (Å²) in [5.41, 5.74) is 6.28. The molecule has 2 amide bonds. The maximum absolute atomic E-state index is 13.2. The number of rotatable bonds is 4. The number of aromatic nitrogens is 2. The first-order chi connectivity index (χ1) is 13.6. The molecule has 2 heterocycles. The lowest BCUT2D eigenvalue weighted by Crippen LogP contribution is -2.48. The number of halogens is 1. The van der Waals surface area contributed by atoms with Gasteiger partial charge in [0.1, 0.15) is 5.82 Å². The van der Waals surface area contributed by atoms with Gasteiger partial charge >= 0.3 is 6.09 Å². The predicted molar refractivity (Wildman–Crippen MR) is 111 cm³/mol. The number of carbonyl (C=O) groups excluding carboxylic acids is 2. The number of carbonyl (C=O) groups is 2. The highest BCUT2D eigenvalue weighted by atomic mass is 79.9. The van der Waals surface area contributed by atoms with E-state index in [4.69, 9.17) is 10.5 Å². The molecule has 156 valence electrons. The van der Waals surface area contributed by atoms with Crippen LogP contribution in [0.1, 0.15) is 39.1 Å². The Labute approximate surface area is 177 Å². The monoisotopic (exact) mass is 464 g/mol. The normalized spacial score (nSPS) is 20.5. The molecular formula is C20H25BrN4O4. The number of aliphatic hydroxyl groups excluding tert-OH is 1. The summed E-state index contributed by atoms with van der Waals surface area (Å²) in [7, 11) is 0. The number of nitrogens with two attached hydrogens (primary N) is 1. The van der Waals surface area contributed by atoms with Gasteiger partial charge in [-0.25, -0.2) is 9.78 Å². The average Bonchev–Trinajstić information content (AvgIpc) is 3.25. The molecule has 3 rings (SSSR count). The summed E-state index contributed by atoms with van der Waals surface area (Å²) in [5, 5.41) is 10.2. The number of amides is 2. The van der Waals surface area contributed by atoms with Crippen molar-refractivity contribution < 1.29 is 19.4 Å². The maximum atomic E-state index is 13.2. The minimum Gasteiger partial charge on any atom is -0.436 e. The Balaban J connectivity index is 1.87. The third-order valence-electron chi connectivity index (χ3n) is 4.87. The third-order valence-corrected chi connectivity index (χ3v) is 5.40. The van der Waals surface area contributed by atoms with Crippen molar-refractivity contribution in [2.75, 3.05) is 6.54 Å². The van der Waals surface area contributed by atoms with Crippen molar-refractivity contribution >= 4 is 27.9 Å². The zero-order valence-electron chi connectivity index (χ0n) is 16.6. The van der Waals surface area contributed by atoms with Crippen LogP contribution in [0.2, 0.25) is 0 Å². The first-order valence-electron chi connectivity index (χ1n) is 9.31. The van der Waals surface area contributed by atoms with E-state index >= 15 is 0 Å². The number of hydrogen-bond acceptors (Lipinski definition) is 5. The van der Waals surface area contributed by atoms with E-state index in [9.17, 15) is 14.7 Å². The molecule has 0 spiro atoms. The van der Waals surface area contributed by atoms with Gasteiger partial charge in [0.15, 0.2) is 6.10 Å². The van der Waals surface area contributed by atoms with Crippen LogP contribution in [-0.4, -0.2) is 50.7 Å². The maximum Gasteiger partial charge on any atom is 0.405 e. The minimum atomic E-state index is -1.06. The van der Waals surface area contributed by atoms with Crippen LogP contribution in [0.25, 0.3) is 11.3 Å². The molecule has 0 radical (unpaired) electrons. The molecule has 9 heteroatoms. The highest BCUT2D eigenvalue weighted by Crippen LogP contribution is 2.35. The molecule has 29 heavy (non-hydrogen) atoms. The second kappa shape index (κ2) is 8.16. The zero-order valence-corrected chi connectivity index (χ0v) is 18.1. The Morgan fingerprint density at radius 3 is 2.59 bits per heavy atom. The lowest BCUT2D eigenvalue weighted by Gasteiger charge is -2.33. The van der Waals surface area contributed by atoms with Gasteiger partial charge in [-0.3, -0.25) is 4.79 Å². The van der Waals surface area contributed by atoms with Crippen LogP contribution in [0.4, 0.5) is 4.79 Å². The van der Waals surface area contributed by atoms with E-state index in [0.717, 1.165) is 15.7 Å². The predicted octanol–water partition coefficient (Wildman–Crippen LogP) is 2.98. The van der Waals surface area contributed by atoms with E-state index in [0.29, 0.717) is 12.2 Å². The van der Waals surface area contributed by atoms with Gasteiger partial charge in [-0.2, -0.15) is 0 Å². The van der Waals surface area contributed by atoms with Crippen molar-refractivity contribution in [3.8, 4) is 11.3 Å². The first kappa shape index (κ1) is 21.3. The van der Waals surface area contributed by atoms with E-state index in [-0.39, 0.29) is 6.54 Å². The minimum absolute atomic E-state index is 0.131. The SMILES string of the molecule is CC(C)(C)C(OC(N)=O)C(=O)N1C[C@H](O)C[C@H]1c1ncc(-c2ccc(Br)cc2)[nH]1. The van der Waals surface area contributed by atoms with Crippen LogP contribution in [-0.2, 0) is 9.53 Å². The lowest BCUT2D eigenvalue weighted by atomic mass is 9.88. The van der Waals surface area contributed by atoms with Crippen LogP contribution in [0.15, 0.2) is 34.9 Å². The largest absolute Gasteiger partial charge is 0.436 e. The summed E-state index contributed by atoms with van der Waals surface area (Å²) < 4.78 is 6.10. The molecule has 0 saturated carbocycles. The van der Waals surface area contributed by atoms with Crippen LogP contribution >= 0.6 is 15.9 Å². The second-order valence-electron chi connectivity index (χ2n) is 8.27. The molecule has 1 unspecified atom stereocenters. The molecule has 2 aromatic rings. The van der Waals surface area contributed by atoms with Gasteiger partial charge in [0.05, 0.1) is 24.0 Å². The van der Waals surface area contributed by atoms with E-state index in [1.54, 1.807) is 27.0 Å². The number of nitrogens with one attached hydrogen (secondary N) is 1. The van der Waals surface area contributed by atoms with Gasteiger partial charge in [0.25, 0.3) is 5.91 Å². The summed E-state index contributed by atoms with van der Waals surface area (Å²) in [6.45, 7) is 5.50. The molecule has 4 N–H and O–H groups in total. The zero-order chi connectivity index (χ0) is 21.3. The Kier molecular flexibility index (Phi) is 6.00. The molecule has 3 atom stereocenters. The number of benzene rings is 1. The van der Waals surface area contributed by atoms with E-state index < -0.39 is 35.7 Å². The Morgan fingerprint density at radius 1 is 1.34 bits per heavy atom. The van der Waals surface area contributed by atoms with E-state index in [1.807, 2.05) is 24.3 Å². The number of imidazole rings is 1. The van der Waals surface area contributed by atoms with Gasteiger partial charge in [-0.05, 0) is 17.7 Å². The van der Waals surface area contributed by atoms with Gasteiger partial charge in [-0.1, -0.05) is 48.8 Å². The number of ether oxygens (including phenoxy) is 1. The Hall–Kier alpha value is -2.39. The summed E-state index contributed by atoms with van der Waals surface area (Å²) in [6, 6.07) is 7.30. The van der Waals surface area contributed by atoms with Crippen molar-refractivity contribution in [3.63, 3.8) is 0 Å². The van der Waals surface area contributed by atoms with E-state index in [2.05, 4.69) is 25.9 Å². The van der Waals surface area contributed by atoms with Crippen LogP contribution in [0, 0.1) is 5.41 Å². The fourth-order valence-corrected chi connectivity index (χ4v) is 3.73. The van der Waals surface area contributed by atoms with Crippen LogP contribution in [0.3, 0.4) is 0 Å². The number of primary amides is 1. The highest BCUT2D eigenvalue weighted by molar-refractivity contribution is 9.10. The van der Waals surface area contributed by atoms with Crippen molar-refractivity contribution in [2.24, 2.45) is 11.1 Å². The number of aliphatic hydroxyl groups is 1. The second-order valence-corrected chi connectivity index (χ2v) is 9.18. The fourth-order valence-electron chi connectivity index (χ4n) is 3.46. The topological polar surface area (TPSA) is 122 Å². The molecule has 1 aromatic carbocycles. The Morgan fingerprint density at radius 2 is 2.00 bits per heavy atom. The number of nitrogens with zero attached hydrogens (tertiary/aromatic N) is 2. The number of likely N-dealkylation sites (tertiary alicyclic amines) is 1. The number of hydrogen-bond donors (Lipinski definition) is 3. The molecule has 1 aromatic heterocycles. The molecule has 1 fully saturated rings. The number of H-pyrrole nitrogens is 1. The van der Waals surface area contributed by atoms with Gasteiger partial charge < -0.3 is 25.5 Å². The standard InChI is InChI=1S/C20H25BrN4O4/c1-20(2,3)16(29-19(22)28)18(27)25-10-13(26)8-15(25)17-23-9-14(24-17)11-4-6-12(21)7-5-11/h4-7,9,13,15-16,26H,8,10H2,1-3H3,(H2,22,28)(H,23,24)/t13-,15+,16?/m1/s1. The average molecular weight is 465 g/mol. The van der Waals surface area contributed by atoms with Crippen LogP contribution in [0.5, 0.6) is 0 Å². The van der Waals surface area contributed by atoms with Gasteiger partial charge in [0, 0.05) is 22.9 Å². The van der Waals surface area contributed by atoms with Gasteiger partial charge in [-0.15, -0.1) is 0 Å². The quantitative estimate of drug-likeness (QED) is 0.641. The summed E-state index contributed by atoms with van der Waals surface area (Å²) in [5.74, 6) is 0.166. The van der Waals surface area contributed by atoms with Gasteiger partial charge in [0.2, 0.25) is 0 Å². The molecular weight excluding hydrogens is 440 g/mol. The number of β-amino-alcohol motifs (C(OH)–C–C–N with tert-alkyl or cyclic N) is 1. The molecule has 0 bridgehead atoms. The lowest BCUT2D eigenvalue weighted by molar-refractivity contribution is -0.147. The Bertz CT molecular complexity index is 891. The first-order valence-corrected chi connectivity index (χ1v) is 10.1. The highest BCUT2D eigenvalue weighted by Gasteiger charge is 2.44. The fraction of sp³-hybridized carbons (Fsp3) is 0.450. The molecule has 1 aliphatic heterocycles. The third kappa shape index (κ3) is 4.79. The van der Waals surface area contributed by atoms with Crippen LogP contribution < -0.4 is 5.73 Å². The van der Waals surface area contributed by atoms with Crippen molar-refractivity contribution in [2.45, 2.75) is 45.4 Å². The molecule has 1 saturated heterocycles. The summed E-state index contributed by atoms with van der Waals surface area (Å²) in [6.07, 6.45) is -0.724. The van der Waals surface area contributed by atoms with E-state index in [1.165, 1.54) is 4.90 Å². The number of aromatic amines is 1. The smallest absolute Gasteiger partial charge is 0.405 e. The molecule has 0 aliphatic carbocycles. The van der Waals surface area contributed by atoms with Crippen molar-refractivity contribution in [1.29, 1.82) is 0 Å².